The van der Waals surface area contributed by atoms with Gasteiger partial charge in [0.05, 0.1) is 12.5 Å². The molecule has 2 saturated heterocycles. The maximum absolute atomic E-state index is 13.0. The third-order valence-electron chi connectivity index (χ3n) is 5.93. The number of likely N-dealkylation sites (tertiary alicyclic amines) is 1. The highest BCUT2D eigenvalue weighted by Gasteiger charge is 2.51. The van der Waals surface area contributed by atoms with Crippen LogP contribution in [0.1, 0.15) is 17.7 Å². The maximum atomic E-state index is 13.0. The third-order valence-corrected chi connectivity index (χ3v) is 6.80. The number of para-hydroxylation sites is 1. The van der Waals surface area contributed by atoms with Gasteiger partial charge < -0.3 is 19.7 Å². The Bertz CT molecular complexity index is 819. The first-order chi connectivity index (χ1) is 14.2. The second-order valence-corrected chi connectivity index (χ2v) is 8.73. The fourth-order valence-corrected chi connectivity index (χ4v) is 4.91. The van der Waals surface area contributed by atoms with Gasteiger partial charge in [-0.1, -0.05) is 24.3 Å². The molecule has 0 saturated carbocycles. The van der Waals surface area contributed by atoms with Crippen LogP contribution in [0, 0.1) is 11.3 Å². The molecule has 6 nitrogen and oxygen atoms in total. The number of amides is 2. The molecule has 2 amide bonds. The van der Waals surface area contributed by atoms with Gasteiger partial charge in [-0.3, -0.25) is 9.59 Å². The average molecular weight is 415 g/mol. The molecule has 1 atom stereocenters. The fourth-order valence-electron chi connectivity index (χ4n) is 4.27. The van der Waals surface area contributed by atoms with Crippen molar-refractivity contribution >= 4 is 23.2 Å². The normalized spacial score (nSPS) is 20.6. The zero-order valence-electron chi connectivity index (χ0n) is 16.3. The van der Waals surface area contributed by atoms with Crippen LogP contribution >= 0.6 is 11.3 Å². The highest BCUT2D eigenvalue weighted by molar-refractivity contribution is 7.09. The molecule has 1 unspecified atom stereocenters. The van der Waals surface area contributed by atoms with E-state index in [0.717, 1.165) is 17.7 Å². The van der Waals surface area contributed by atoms with Crippen LogP contribution in [-0.2, 0) is 20.9 Å². The van der Waals surface area contributed by atoms with E-state index in [9.17, 15) is 9.59 Å². The van der Waals surface area contributed by atoms with Crippen LogP contribution in [0.4, 0.5) is 0 Å². The Balaban J connectivity index is 1.40. The Morgan fingerprint density at radius 3 is 2.69 bits per heavy atom. The van der Waals surface area contributed by atoms with Crippen LogP contribution in [0.15, 0.2) is 47.8 Å². The molecule has 0 bridgehead atoms. The lowest BCUT2D eigenvalue weighted by Crippen LogP contribution is -2.44. The molecule has 2 fully saturated rings. The summed E-state index contributed by atoms with van der Waals surface area (Å²) in [6, 6.07) is 13.3. The predicted octanol–water partition coefficient (Wildman–Crippen LogP) is 2.70. The van der Waals surface area contributed by atoms with Crippen molar-refractivity contribution in [1.82, 2.24) is 10.2 Å². The monoisotopic (exact) mass is 414 g/mol. The number of hydrogen-bond donors (Lipinski definition) is 1. The molecule has 29 heavy (non-hydrogen) atoms. The minimum Gasteiger partial charge on any atom is -0.484 e. The Morgan fingerprint density at radius 1 is 1.17 bits per heavy atom. The summed E-state index contributed by atoms with van der Waals surface area (Å²) < 4.78 is 11.2. The summed E-state index contributed by atoms with van der Waals surface area (Å²) in [6.45, 7) is 2.82. The van der Waals surface area contributed by atoms with Crippen LogP contribution in [0.3, 0.4) is 0 Å². The van der Waals surface area contributed by atoms with Gasteiger partial charge in [0.1, 0.15) is 5.75 Å². The average Bonchev–Trinajstić information content (AvgIpc) is 3.40. The molecule has 7 heteroatoms. The molecule has 2 aliphatic rings. The molecule has 2 aliphatic heterocycles. The van der Waals surface area contributed by atoms with Crippen molar-refractivity contribution < 1.29 is 19.1 Å². The van der Waals surface area contributed by atoms with Gasteiger partial charge in [-0.15, -0.1) is 11.3 Å². The lowest BCUT2D eigenvalue weighted by atomic mass is 9.72. The van der Waals surface area contributed by atoms with Crippen LogP contribution in [0.25, 0.3) is 0 Å². The number of rotatable bonds is 6. The number of carbonyl (C=O) groups is 2. The minimum atomic E-state index is -0.216. The highest BCUT2D eigenvalue weighted by Crippen LogP contribution is 2.44. The lowest BCUT2D eigenvalue weighted by Gasteiger charge is -2.37. The van der Waals surface area contributed by atoms with Gasteiger partial charge in [-0.25, -0.2) is 0 Å². The Kier molecular flexibility index (Phi) is 6.16. The topological polar surface area (TPSA) is 67.9 Å². The summed E-state index contributed by atoms with van der Waals surface area (Å²) in [5.74, 6) is 0.408. The summed E-state index contributed by atoms with van der Waals surface area (Å²) in [4.78, 5) is 28.8. The molecule has 3 heterocycles. The Morgan fingerprint density at radius 2 is 1.97 bits per heavy atom. The van der Waals surface area contributed by atoms with E-state index >= 15 is 0 Å². The van der Waals surface area contributed by atoms with Gasteiger partial charge in [0.2, 0.25) is 5.91 Å². The standard InChI is InChI=1S/C22H26N2O4S/c25-20(15-28-17-5-2-1-3-6-17)24-14-19(22(16-24)8-10-27-11-9-22)21(26)23-13-18-7-4-12-29-18/h1-7,12,19H,8-11,13-16H2,(H,23,26). The molecule has 154 valence electrons. The quantitative estimate of drug-likeness (QED) is 0.789. The van der Waals surface area contributed by atoms with Crippen molar-refractivity contribution in [2.45, 2.75) is 19.4 Å². The number of nitrogens with one attached hydrogen (secondary N) is 1. The molecule has 1 aromatic carbocycles. The first kappa shape index (κ1) is 19.9. The molecule has 1 spiro atoms. The van der Waals surface area contributed by atoms with Gasteiger partial charge >= 0.3 is 0 Å². The molecule has 2 aromatic rings. The predicted molar refractivity (Wildman–Crippen MR) is 111 cm³/mol. The van der Waals surface area contributed by atoms with Crippen molar-refractivity contribution in [3.63, 3.8) is 0 Å². The van der Waals surface area contributed by atoms with Gasteiger partial charge in [-0.2, -0.15) is 0 Å². The summed E-state index contributed by atoms with van der Waals surface area (Å²) >= 11 is 1.63. The van der Waals surface area contributed by atoms with Gasteiger partial charge in [0.25, 0.3) is 5.91 Å². The Hall–Kier alpha value is -2.38. The smallest absolute Gasteiger partial charge is 0.260 e. The first-order valence-corrected chi connectivity index (χ1v) is 10.9. The molecule has 0 aliphatic carbocycles. The van der Waals surface area contributed by atoms with E-state index in [4.69, 9.17) is 9.47 Å². The largest absolute Gasteiger partial charge is 0.484 e. The minimum absolute atomic E-state index is 0.0138. The second-order valence-electron chi connectivity index (χ2n) is 7.70. The molecule has 0 radical (unpaired) electrons. The van der Waals surface area contributed by atoms with Crippen molar-refractivity contribution in [2.24, 2.45) is 11.3 Å². The summed E-state index contributed by atoms with van der Waals surface area (Å²) in [5.41, 5.74) is -0.208. The number of carbonyl (C=O) groups excluding carboxylic acids is 2. The van der Waals surface area contributed by atoms with Crippen LogP contribution in [0.5, 0.6) is 5.75 Å². The van der Waals surface area contributed by atoms with Gasteiger partial charge in [0, 0.05) is 36.6 Å². The SMILES string of the molecule is O=C(NCc1cccs1)C1CN(C(=O)COc2ccccc2)CC12CCOCC2. The van der Waals surface area contributed by atoms with Crippen molar-refractivity contribution in [2.75, 3.05) is 32.9 Å². The molecule has 4 rings (SSSR count). The number of hydrogen-bond acceptors (Lipinski definition) is 5. The first-order valence-electron chi connectivity index (χ1n) is 10.00. The molecular weight excluding hydrogens is 388 g/mol. The maximum Gasteiger partial charge on any atom is 0.260 e. The van der Waals surface area contributed by atoms with Crippen molar-refractivity contribution in [3.05, 3.63) is 52.7 Å². The van der Waals surface area contributed by atoms with Crippen molar-refractivity contribution in [1.29, 1.82) is 0 Å². The lowest BCUT2D eigenvalue weighted by molar-refractivity contribution is -0.133. The van der Waals surface area contributed by atoms with Gasteiger partial charge in [0.15, 0.2) is 6.61 Å². The zero-order chi connectivity index (χ0) is 20.1. The number of thiophene rings is 1. The van der Waals surface area contributed by atoms with E-state index < -0.39 is 0 Å². The van der Waals surface area contributed by atoms with Gasteiger partial charge in [-0.05, 0) is 36.4 Å². The molecule has 1 N–H and O–H groups in total. The van der Waals surface area contributed by atoms with E-state index in [1.165, 1.54) is 0 Å². The van der Waals surface area contributed by atoms with Crippen LogP contribution in [-0.4, -0.2) is 49.6 Å². The molecular formula is C22H26N2O4S. The van der Waals surface area contributed by atoms with E-state index in [1.807, 2.05) is 47.8 Å². The van der Waals surface area contributed by atoms with E-state index in [-0.39, 0.29) is 29.8 Å². The Labute approximate surface area is 174 Å². The zero-order valence-corrected chi connectivity index (χ0v) is 17.2. The summed E-state index contributed by atoms with van der Waals surface area (Å²) in [5, 5.41) is 5.08. The van der Waals surface area contributed by atoms with Crippen LogP contribution in [0.2, 0.25) is 0 Å². The van der Waals surface area contributed by atoms with E-state index in [2.05, 4.69) is 5.32 Å². The molecule has 1 aromatic heterocycles. The second kappa shape index (κ2) is 8.97. The van der Waals surface area contributed by atoms with E-state index in [1.54, 1.807) is 16.2 Å². The van der Waals surface area contributed by atoms with Crippen LogP contribution < -0.4 is 10.1 Å². The van der Waals surface area contributed by atoms with Crippen molar-refractivity contribution in [3.8, 4) is 5.75 Å². The number of nitrogens with zero attached hydrogens (tertiary/aromatic N) is 1. The fraction of sp³-hybridized carbons (Fsp3) is 0.455. The highest BCUT2D eigenvalue weighted by atomic mass is 32.1. The summed E-state index contributed by atoms with van der Waals surface area (Å²) in [7, 11) is 0. The van der Waals surface area contributed by atoms with E-state index in [0.29, 0.717) is 38.6 Å². The number of ether oxygens (including phenoxy) is 2. The summed E-state index contributed by atoms with van der Waals surface area (Å²) in [6.07, 6.45) is 1.60. The number of benzene rings is 1. The third kappa shape index (κ3) is 4.62.